The van der Waals surface area contributed by atoms with Crippen LogP contribution < -0.4 is 10.6 Å². The summed E-state index contributed by atoms with van der Waals surface area (Å²) in [7, 11) is 0. The van der Waals surface area contributed by atoms with Crippen molar-refractivity contribution in [1.29, 1.82) is 0 Å². The van der Waals surface area contributed by atoms with E-state index in [1.165, 1.54) is 37.8 Å². The number of piperidine rings is 1. The third kappa shape index (κ3) is 4.55. The van der Waals surface area contributed by atoms with E-state index in [0.717, 1.165) is 37.2 Å². The second-order valence-corrected chi connectivity index (χ2v) is 6.92. The molecule has 126 valence electrons. The summed E-state index contributed by atoms with van der Waals surface area (Å²) in [6, 6.07) is 8.86. The highest BCUT2D eigenvalue weighted by Crippen LogP contribution is 2.25. The lowest BCUT2D eigenvalue weighted by molar-refractivity contribution is -0.117. The van der Waals surface area contributed by atoms with Gasteiger partial charge in [-0.25, -0.2) is 0 Å². The molecule has 2 aliphatic heterocycles. The zero-order chi connectivity index (χ0) is 16.1. The molecule has 0 aliphatic carbocycles. The number of nitrogens with zero attached hydrogens (tertiary/aromatic N) is 1. The highest BCUT2D eigenvalue weighted by Gasteiger charge is 2.28. The molecule has 2 N–H and O–H groups in total. The standard InChI is InChI=1S/C19H29N3O/c1-2-15-5-3-6-17(13-15)21-19(23)14-22-11-8-16(9-12-22)18-7-4-10-20-18/h3,5-6,13,16,18,20H,2,4,7-12,14H2,1H3,(H,21,23). The summed E-state index contributed by atoms with van der Waals surface area (Å²) < 4.78 is 0. The van der Waals surface area contributed by atoms with Crippen molar-refractivity contribution in [2.45, 2.75) is 45.1 Å². The van der Waals surface area contributed by atoms with Crippen molar-refractivity contribution in [3.05, 3.63) is 29.8 Å². The van der Waals surface area contributed by atoms with Gasteiger partial charge in [0.05, 0.1) is 6.54 Å². The molecule has 4 nitrogen and oxygen atoms in total. The highest BCUT2D eigenvalue weighted by molar-refractivity contribution is 5.92. The molecule has 2 aliphatic rings. The largest absolute Gasteiger partial charge is 0.325 e. The van der Waals surface area contributed by atoms with E-state index in [1.807, 2.05) is 12.1 Å². The van der Waals surface area contributed by atoms with Crippen molar-refractivity contribution in [2.24, 2.45) is 5.92 Å². The van der Waals surface area contributed by atoms with Gasteiger partial charge < -0.3 is 10.6 Å². The van der Waals surface area contributed by atoms with Crippen molar-refractivity contribution in [3.63, 3.8) is 0 Å². The fourth-order valence-corrected chi connectivity index (χ4v) is 3.90. The Labute approximate surface area is 139 Å². The summed E-state index contributed by atoms with van der Waals surface area (Å²) in [4.78, 5) is 14.5. The molecule has 1 amide bonds. The van der Waals surface area contributed by atoms with Gasteiger partial charge in [0.1, 0.15) is 0 Å². The van der Waals surface area contributed by atoms with E-state index >= 15 is 0 Å². The normalized spacial score (nSPS) is 23.1. The molecule has 0 saturated carbocycles. The number of carbonyl (C=O) groups excluding carboxylic acids is 1. The van der Waals surface area contributed by atoms with Crippen LogP contribution in [0, 0.1) is 5.92 Å². The van der Waals surface area contributed by atoms with Crippen LogP contribution in [0.4, 0.5) is 5.69 Å². The van der Waals surface area contributed by atoms with Gasteiger partial charge in [-0.05, 0) is 75.4 Å². The van der Waals surface area contributed by atoms with Gasteiger partial charge in [0, 0.05) is 11.7 Å². The molecule has 1 aromatic rings. The summed E-state index contributed by atoms with van der Waals surface area (Å²) in [6.07, 6.45) is 6.09. The molecule has 0 spiro atoms. The molecule has 0 aromatic heterocycles. The van der Waals surface area contributed by atoms with Crippen molar-refractivity contribution in [3.8, 4) is 0 Å². The van der Waals surface area contributed by atoms with Crippen molar-refractivity contribution >= 4 is 11.6 Å². The number of aryl methyl sites for hydroxylation is 1. The Bertz CT molecular complexity index is 517. The Balaban J connectivity index is 1.43. The molecule has 3 rings (SSSR count). The van der Waals surface area contributed by atoms with Gasteiger partial charge in [-0.1, -0.05) is 19.1 Å². The van der Waals surface area contributed by atoms with Gasteiger partial charge in [-0.3, -0.25) is 9.69 Å². The van der Waals surface area contributed by atoms with Crippen LogP contribution in [0.1, 0.15) is 38.2 Å². The summed E-state index contributed by atoms with van der Waals surface area (Å²) in [5, 5.41) is 6.66. The average molecular weight is 315 g/mol. The number of hydrogen-bond donors (Lipinski definition) is 2. The number of anilines is 1. The van der Waals surface area contributed by atoms with E-state index in [-0.39, 0.29) is 5.91 Å². The SMILES string of the molecule is CCc1cccc(NC(=O)CN2CCC(C3CCCN3)CC2)c1. The number of amides is 1. The second-order valence-electron chi connectivity index (χ2n) is 6.92. The Kier molecular flexibility index (Phi) is 5.68. The van der Waals surface area contributed by atoms with Gasteiger partial charge >= 0.3 is 0 Å². The molecule has 0 bridgehead atoms. The van der Waals surface area contributed by atoms with Crippen LogP contribution in [-0.2, 0) is 11.2 Å². The predicted molar refractivity (Wildman–Crippen MR) is 94.6 cm³/mol. The first-order chi connectivity index (χ1) is 11.2. The van der Waals surface area contributed by atoms with Crippen molar-refractivity contribution in [2.75, 3.05) is 31.5 Å². The van der Waals surface area contributed by atoms with E-state index in [1.54, 1.807) is 0 Å². The predicted octanol–water partition coefficient (Wildman–Crippen LogP) is 2.65. The van der Waals surface area contributed by atoms with E-state index in [4.69, 9.17) is 0 Å². The van der Waals surface area contributed by atoms with Crippen LogP contribution in [0.3, 0.4) is 0 Å². The zero-order valence-electron chi connectivity index (χ0n) is 14.2. The number of rotatable bonds is 5. The number of likely N-dealkylation sites (tertiary alicyclic amines) is 1. The fourth-order valence-electron chi connectivity index (χ4n) is 3.90. The van der Waals surface area contributed by atoms with Crippen LogP contribution in [0.5, 0.6) is 0 Å². The minimum Gasteiger partial charge on any atom is -0.325 e. The van der Waals surface area contributed by atoms with E-state index < -0.39 is 0 Å². The van der Waals surface area contributed by atoms with Gasteiger partial charge in [-0.15, -0.1) is 0 Å². The van der Waals surface area contributed by atoms with E-state index in [9.17, 15) is 4.79 Å². The van der Waals surface area contributed by atoms with Gasteiger partial charge in [-0.2, -0.15) is 0 Å². The molecular formula is C19H29N3O. The Morgan fingerprint density at radius 3 is 2.83 bits per heavy atom. The van der Waals surface area contributed by atoms with Crippen molar-refractivity contribution < 1.29 is 4.79 Å². The molecule has 2 fully saturated rings. The Morgan fingerprint density at radius 2 is 2.13 bits per heavy atom. The Morgan fingerprint density at radius 1 is 1.30 bits per heavy atom. The average Bonchev–Trinajstić information content (AvgIpc) is 3.10. The fraction of sp³-hybridized carbons (Fsp3) is 0.632. The van der Waals surface area contributed by atoms with Crippen LogP contribution in [0.2, 0.25) is 0 Å². The quantitative estimate of drug-likeness (QED) is 0.878. The smallest absolute Gasteiger partial charge is 0.238 e. The van der Waals surface area contributed by atoms with Crippen LogP contribution in [-0.4, -0.2) is 43.0 Å². The van der Waals surface area contributed by atoms with E-state index in [0.29, 0.717) is 6.54 Å². The molecule has 23 heavy (non-hydrogen) atoms. The van der Waals surface area contributed by atoms with Crippen LogP contribution in [0.15, 0.2) is 24.3 Å². The molecular weight excluding hydrogens is 286 g/mol. The maximum atomic E-state index is 12.3. The molecule has 1 aromatic carbocycles. The third-order valence-electron chi connectivity index (χ3n) is 5.29. The molecule has 0 radical (unpaired) electrons. The summed E-state index contributed by atoms with van der Waals surface area (Å²) in [5.74, 6) is 0.911. The van der Waals surface area contributed by atoms with Gasteiger partial charge in [0.25, 0.3) is 0 Å². The topological polar surface area (TPSA) is 44.4 Å². The summed E-state index contributed by atoms with van der Waals surface area (Å²) >= 11 is 0. The number of carbonyl (C=O) groups is 1. The van der Waals surface area contributed by atoms with Gasteiger partial charge in [0.2, 0.25) is 5.91 Å². The molecule has 4 heteroatoms. The van der Waals surface area contributed by atoms with Crippen LogP contribution >= 0.6 is 0 Å². The number of nitrogens with one attached hydrogen (secondary N) is 2. The highest BCUT2D eigenvalue weighted by atomic mass is 16.2. The molecule has 2 heterocycles. The second kappa shape index (κ2) is 7.93. The van der Waals surface area contributed by atoms with Crippen molar-refractivity contribution in [1.82, 2.24) is 10.2 Å². The minimum atomic E-state index is 0.107. The minimum absolute atomic E-state index is 0.107. The number of hydrogen-bond acceptors (Lipinski definition) is 3. The van der Waals surface area contributed by atoms with Crippen LogP contribution in [0.25, 0.3) is 0 Å². The lowest BCUT2D eigenvalue weighted by Gasteiger charge is -2.34. The van der Waals surface area contributed by atoms with E-state index in [2.05, 4.69) is 34.6 Å². The summed E-state index contributed by atoms with van der Waals surface area (Å²) in [5.41, 5.74) is 2.17. The lowest BCUT2D eigenvalue weighted by atomic mass is 9.88. The van der Waals surface area contributed by atoms with Gasteiger partial charge in [0.15, 0.2) is 0 Å². The zero-order valence-corrected chi connectivity index (χ0v) is 14.2. The number of benzene rings is 1. The first-order valence-electron chi connectivity index (χ1n) is 9.09. The lowest BCUT2D eigenvalue weighted by Crippen LogP contribution is -2.43. The molecule has 1 unspecified atom stereocenters. The molecule has 1 atom stereocenters. The summed E-state index contributed by atoms with van der Waals surface area (Å²) in [6.45, 7) is 5.92. The third-order valence-corrected chi connectivity index (χ3v) is 5.29. The first kappa shape index (κ1) is 16.5. The first-order valence-corrected chi connectivity index (χ1v) is 9.09. The molecule has 2 saturated heterocycles. The monoisotopic (exact) mass is 315 g/mol. The maximum Gasteiger partial charge on any atom is 0.238 e. The maximum absolute atomic E-state index is 12.3. The Hall–Kier alpha value is -1.39.